The molecule has 176 valence electrons. The van der Waals surface area contributed by atoms with E-state index in [0.717, 1.165) is 22.3 Å². The lowest BCUT2D eigenvalue weighted by molar-refractivity contribution is -0.140. The number of methoxy groups -OCH3 is 1. The number of amides is 2. The molecule has 1 aliphatic rings. The van der Waals surface area contributed by atoms with Crippen LogP contribution in [0.25, 0.3) is 11.1 Å². The Hall–Kier alpha value is -3.43. The highest BCUT2D eigenvalue weighted by molar-refractivity contribution is 5.89. The van der Waals surface area contributed by atoms with Gasteiger partial charge in [0.05, 0.1) is 25.2 Å². The van der Waals surface area contributed by atoms with E-state index in [1.165, 1.54) is 7.11 Å². The number of carbonyl (C=O) groups excluding carboxylic acids is 2. The monoisotopic (exact) mass is 456 g/mol. The molecule has 4 N–H and O–H groups in total. The fourth-order valence-electron chi connectivity index (χ4n) is 3.99. The van der Waals surface area contributed by atoms with Gasteiger partial charge >= 0.3 is 12.1 Å². The fraction of sp³-hybridized carbons (Fsp3) is 0.375. The summed E-state index contributed by atoms with van der Waals surface area (Å²) < 4.78 is 10.4. The summed E-state index contributed by atoms with van der Waals surface area (Å²) in [6.45, 7) is 1.14. The number of carboxylic acid groups (broad SMARTS) is 1. The van der Waals surface area contributed by atoms with Gasteiger partial charge in [-0.15, -0.1) is 0 Å². The van der Waals surface area contributed by atoms with Crippen LogP contribution in [0.15, 0.2) is 48.5 Å². The number of aliphatic hydroxyl groups excluding tert-OH is 1. The van der Waals surface area contributed by atoms with E-state index in [-0.39, 0.29) is 19.1 Å². The van der Waals surface area contributed by atoms with Crippen LogP contribution in [0, 0.1) is 0 Å². The minimum atomic E-state index is -1.39. The molecule has 3 rings (SSSR count). The first-order chi connectivity index (χ1) is 15.8. The van der Waals surface area contributed by atoms with Gasteiger partial charge in [-0.25, -0.2) is 4.79 Å². The molecule has 2 amide bonds. The number of ether oxygens (including phenoxy) is 2. The largest absolute Gasteiger partial charge is 0.481 e. The second kappa shape index (κ2) is 10.5. The third-order valence-electron chi connectivity index (χ3n) is 5.57. The zero-order valence-corrected chi connectivity index (χ0v) is 18.5. The quantitative estimate of drug-likeness (QED) is 0.429. The van der Waals surface area contributed by atoms with Crippen LogP contribution in [0.1, 0.15) is 30.4 Å². The second-order valence-corrected chi connectivity index (χ2v) is 8.26. The third-order valence-corrected chi connectivity index (χ3v) is 5.57. The maximum absolute atomic E-state index is 12.6. The number of hydrogen-bond acceptors (Lipinski definition) is 6. The number of rotatable bonds is 10. The second-order valence-electron chi connectivity index (χ2n) is 8.26. The van der Waals surface area contributed by atoms with Crippen LogP contribution >= 0.6 is 0 Å². The van der Waals surface area contributed by atoms with E-state index in [9.17, 15) is 24.6 Å². The maximum Gasteiger partial charge on any atom is 0.407 e. The average molecular weight is 456 g/mol. The fourth-order valence-corrected chi connectivity index (χ4v) is 3.99. The number of carbonyl (C=O) groups is 3. The standard InChI is InChI=1S/C24H28N2O7/c1-24(13-27,14-32-2)26-22(30)20(11-21(28)29)25-23(31)33-12-19-17-9-5-3-7-15(17)16-8-4-6-10-18(16)19/h3-10,19-20,27H,11-14H2,1-2H3,(H,25,31)(H,26,30)(H,28,29). The van der Waals surface area contributed by atoms with Gasteiger partial charge < -0.3 is 30.3 Å². The van der Waals surface area contributed by atoms with E-state index < -0.39 is 42.6 Å². The Balaban J connectivity index is 1.68. The van der Waals surface area contributed by atoms with Gasteiger partial charge in [0.15, 0.2) is 0 Å². The first-order valence-electron chi connectivity index (χ1n) is 10.5. The van der Waals surface area contributed by atoms with Gasteiger partial charge in [-0.1, -0.05) is 48.5 Å². The lowest BCUT2D eigenvalue weighted by Crippen LogP contribution is -2.58. The lowest BCUT2D eigenvalue weighted by atomic mass is 9.98. The number of aliphatic hydroxyl groups is 1. The number of fused-ring (bicyclic) bond motifs is 3. The molecule has 0 radical (unpaired) electrons. The van der Waals surface area contributed by atoms with E-state index in [0.29, 0.717) is 0 Å². The first-order valence-corrected chi connectivity index (χ1v) is 10.5. The van der Waals surface area contributed by atoms with Crippen molar-refractivity contribution in [1.82, 2.24) is 10.6 Å². The average Bonchev–Trinajstić information content (AvgIpc) is 3.11. The van der Waals surface area contributed by atoms with Crippen molar-refractivity contribution in [2.75, 3.05) is 26.9 Å². The van der Waals surface area contributed by atoms with E-state index >= 15 is 0 Å². The van der Waals surface area contributed by atoms with Crippen LogP contribution in [-0.2, 0) is 19.1 Å². The highest BCUT2D eigenvalue weighted by Gasteiger charge is 2.33. The first kappa shape index (κ1) is 24.2. The van der Waals surface area contributed by atoms with Crippen molar-refractivity contribution in [3.05, 3.63) is 59.7 Å². The van der Waals surface area contributed by atoms with Gasteiger partial charge in [-0.2, -0.15) is 0 Å². The molecule has 0 saturated carbocycles. The summed E-state index contributed by atoms with van der Waals surface area (Å²) in [5, 5.41) is 23.6. The molecule has 0 fully saturated rings. The number of carboxylic acids is 1. The summed E-state index contributed by atoms with van der Waals surface area (Å²) in [5.74, 6) is -2.21. The maximum atomic E-state index is 12.6. The van der Waals surface area contributed by atoms with Crippen LogP contribution in [0.2, 0.25) is 0 Å². The SMILES string of the molecule is COCC(C)(CO)NC(=O)C(CC(=O)O)NC(=O)OCC1c2ccccc2-c2ccccc21. The van der Waals surface area contributed by atoms with Crippen molar-refractivity contribution in [1.29, 1.82) is 0 Å². The van der Waals surface area contributed by atoms with E-state index in [1.54, 1.807) is 6.92 Å². The number of benzene rings is 2. The molecule has 33 heavy (non-hydrogen) atoms. The molecule has 2 aromatic rings. The van der Waals surface area contributed by atoms with E-state index in [4.69, 9.17) is 9.47 Å². The molecule has 9 heteroatoms. The molecule has 0 heterocycles. The summed E-state index contributed by atoms with van der Waals surface area (Å²) in [6, 6.07) is 14.3. The van der Waals surface area contributed by atoms with E-state index in [2.05, 4.69) is 10.6 Å². The zero-order chi connectivity index (χ0) is 24.0. The third kappa shape index (κ3) is 5.68. The highest BCUT2D eigenvalue weighted by Crippen LogP contribution is 2.44. The Morgan fingerprint density at radius 1 is 1.06 bits per heavy atom. The van der Waals surface area contributed by atoms with Crippen molar-refractivity contribution in [2.45, 2.75) is 30.8 Å². The molecule has 1 aliphatic carbocycles. The van der Waals surface area contributed by atoms with Crippen LogP contribution in [0.4, 0.5) is 4.79 Å². The molecule has 2 unspecified atom stereocenters. The predicted octanol–water partition coefficient (Wildman–Crippen LogP) is 1.88. The highest BCUT2D eigenvalue weighted by atomic mass is 16.5. The van der Waals surface area contributed by atoms with Crippen molar-refractivity contribution in [3.8, 4) is 11.1 Å². The molecule has 9 nitrogen and oxygen atoms in total. The topological polar surface area (TPSA) is 134 Å². The van der Waals surface area contributed by atoms with Gasteiger partial charge in [0.1, 0.15) is 12.6 Å². The Kier molecular flexibility index (Phi) is 7.67. The summed E-state index contributed by atoms with van der Waals surface area (Å²) >= 11 is 0. The minimum absolute atomic E-state index is 0.0000240. The number of aliphatic carboxylic acids is 1. The molecule has 0 bridgehead atoms. The van der Waals surface area contributed by atoms with Gasteiger partial charge in [0.25, 0.3) is 0 Å². The normalized spacial score (nSPS) is 15.0. The van der Waals surface area contributed by atoms with Crippen LogP contribution in [0.5, 0.6) is 0 Å². The smallest absolute Gasteiger partial charge is 0.407 e. The molecule has 0 aromatic heterocycles. The van der Waals surface area contributed by atoms with Crippen LogP contribution < -0.4 is 10.6 Å². The lowest BCUT2D eigenvalue weighted by Gasteiger charge is -2.30. The minimum Gasteiger partial charge on any atom is -0.481 e. The Morgan fingerprint density at radius 3 is 2.15 bits per heavy atom. The Morgan fingerprint density at radius 2 is 1.64 bits per heavy atom. The van der Waals surface area contributed by atoms with Gasteiger partial charge in [0, 0.05) is 13.0 Å². The van der Waals surface area contributed by atoms with Gasteiger partial charge in [-0.3, -0.25) is 9.59 Å². The summed E-state index contributed by atoms with van der Waals surface area (Å²) in [4.78, 5) is 36.4. The Labute approximate surface area is 191 Å². The molecule has 2 aromatic carbocycles. The number of nitrogens with one attached hydrogen (secondary N) is 2. The number of alkyl carbamates (subject to hydrolysis) is 1. The van der Waals surface area contributed by atoms with Crippen LogP contribution in [0.3, 0.4) is 0 Å². The predicted molar refractivity (Wildman–Crippen MR) is 120 cm³/mol. The van der Waals surface area contributed by atoms with Gasteiger partial charge in [0.2, 0.25) is 5.91 Å². The Bertz CT molecular complexity index is 980. The van der Waals surface area contributed by atoms with Crippen LogP contribution in [-0.4, -0.2) is 66.7 Å². The van der Waals surface area contributed by atoms with Crippen molar-refractivity contribution in [2.24, 2.45) is 0 Å². The van der Waals surface area contributed by atoms with Gasteiger partial charge in [-0.05, 0) is 29.2 Å². The molecule has 0 spiro atoms. The molecule has 0 aliphatic heterocycles. The number of hydrogen-bond donors (Lipinski definition) is 4. The molecular formula is C24H28N2O7. The molecule has 0 saturated heterocycles. The zero-order valence-electron chi connectivity index (χ0n) is 18.5. The van der Waals surface area contributed by atoms with Crippen molar-refractivity contribution in [3.63, 3.8) is 0 Å². The van der Waals surface area contributed by atoms with Crippen molar-refractivity contribution >= 4 is 18.0 Å². The summed E-state index contributed by atoms with van der Waals surface area (Å²) in [5.41, 5.74) is 3.08. The molecule has 2 atom stereocenters. The summed E-state index contributed by atoms with van der Waals surface area (Å²) in [7, 11) is 1.41. The van der Waals surface area contributed by atoms with E-state index in [1.807, 2.05) is 48.5 Å². The molecular weight excluding hydrogens is 428 g/mol. The van der Waals surface area contributed by atoms with Crippen molar-refractivity contribution < 1.29 is 34.1 Å². The summed E-state index contributed by atoms with van der Waals surface area (Å²) in [6.07, 6.45) is -1.56.